The molecule has 0 atom stereocenters. The van der Waals surface area contributed by atoms with Gasteiger partial charge in [-0.15, -0.1) is 5.11 Å². The molecule has 124 valence electrons. The van der Waals surface area contributed by atoms with Crippen LogP contribution in [0.4, 0.5) is 11.4 Å². The summed E-state index contributed by atoms with van der Waals surface area (Å²) < 4.78 is 0. The van der Waals surface area contributed by atoms with Crippen LogP contribution in [0.2, 0.25) is 0 Å². The summed E-state index contributed by atoms with van der Waals surface area (Å²) in [5, 5.41) is 8.81. The monoisotopic (exact) mass is 334 g/mol. The van der Waals surface area contributed by atoms with Crippen molar-refractivity contribution in [1.82, 2.24) is 0 Å². The van der Waals surface area contributed by atoms with Crippen molar-refractivity contribution < 1.29 is 0 Å². The molecule has 0 aliphatic carbocycles. The van der Waals surface area contributed by atoms with Crippen molar-refractivity contribution in [2.75, 3.05) is 0 Å². The standard InChI is InChI=1S/C24H18N2/c1-3-9-19(10-4-1)20-15-17-21(18-16-20)23-13-7-8-14-24(23)26-25-22-11-5-2-6-12-22/h1-18H. The molecule has 4 rings (SSSR count). The third kappa shape index (κ3) is 3.60. The Labute approximate surface area is 153 Å². The highest BCUT2D eigenvalue weighted by molar-refractivity contribution is 5.77. The molecule has 2 heteroatoms. The second-order valence-corrected chi connectivity index (χ2v) is 6.00. The SMILES string of the molecule is c1ccc(N=Nc2ccccc2-c2ccc(-c3ccccc3)cc2)cc1. The van der Waals surface area contributed by atoms with E-state index in [-0.39, 0.29) is 0 Å². The Morgan fingerprint density at radius 2 is 0.923 bits per heavy atom. The van der Waals surface area contributed by atoms with Crippen LogP contribution in [0, 0.1) is 0 Å². The first-order chi connectivity index (χ1) is 12.9. The predicted molar refractivity (Wildman–Crippen MR) is 108 cm³/mol. The van der Waals surface area contributed by atoms with E-state index in [4.69, 9.17) is 0 Å². The number of benzene rings is 4. The van der Waals surface area contributed by atoms with Gasteiger partial charge in [0.1, 0.15) is 0 Å². The molecule has 0 N–H and O–H groups in total. The van der Waals surface area contributed by atoms with Gasteiger partial charge < -0.3 is 0 Å². The van der Waals surface area contributed by atoms with Crippen LogP contribution < -0.4 is 0 Å². The fraction of sp³-hybridized carbons (Fsp3) is 0. The second-order valence-electron chi connectivity index (χ2n) is 6.00. The van der Waals surface area contributed by atoms with Crippen molar-refractivity contribution in [3.05, 3.63) is 109 Å². The highest BCUT2D eigenvalue weighted by Gasteiger charge is 2.05. The average molecular weight is 334 g/mol. The van der Waals surface area contributed by atoms with E-state index in [9.17, 15) is 0 Å². The van der Waals surface area contributed by atoms with Crippen molar-refractivity contribution in [2.24, 2.45) is 10.2 Å². The van der Waals surface area contributed by atoms with Gasteiger partial charge in [0.15, 0.2) is 0 Å². The molecule has 4 aromatic rings. The van der Waals surface area contributed by atoms with Crippen LogP contribution in [0.15, 0.2) is 119 Å². The van der Waals surface area contributed by atoms with Gasteiger partial charge in [-0.25, -0.2) is 0 Å². The van der Waals surface area contributed by atoms with Gasteiger partial charge in [-0.05, 0) is 34.9 Å². The Balaban J connectivity index is 1.65. The van der Waals surface area contributed by atoms with Gasteiger partial charge in [0, 0.05) is 5.56 Å². The molecule has 4 aromatic carbocycles. The van der Waals surface area contributed by atoms with Gasteiger partial charge in [0.25, 0.3) is 0 Å². The predicted octanol–water partition coefficient (Wildman–Crippen LogP) is 7.44. The molecule has 0 unspecified atom stereocenters. The summed E-state index contributed by atoms with van der Waals surface area (Å²) in [7, 11) is 0. The first-order valence-electron chi connectivity index (χ1n) is 8.62. The number of nitrogens with zero attached hydrogens (tertiary/aromatic N) is 2. The lowest BCUT2D eigenvalue weighted by atomic mass is 9.99. The fourth-order valence-electron chi connectivity index (χ4n) is 2.88. The topological polar surface area (TPSA) is 24.7 Å². The second kappa shape index (κ2) is 7.58. The van der Waals surface area contributed by atoms with Crippen molar-refractivity contribution >= 4 is 11.4 Å². The zero-order valence-electron chi connectivity index (χ0n) is 14.3. The average Bonchev–Trinajstić information content (AvgIpc) is 2.74. The quantitative estimate of drug-likeness (QED) is 0.346. The molecule has 0 aromatic heterocycles. The Kier molecular flexibility index (Phi) is 4.66. The van der Waals surface area contributed by atoms with Crippen molar-refractivity contribution in [1.29, 1.82) is 0 Å². The maximum Gasteiger partial charge on any atom is 0.0935 e. The normalized spacial score (nSPS) is 10.9. The summed E-state index contributed by atoms with van der Waals surface area (Å²) in [5.74, 6) is 0. The van der Waals surface area contributed by atoms with Crippen LogP contribution in [0.1, 0.15) is 0 Å². The molecule has 2 nitrogen and oxygen atoms in total. The molecule has 0 aliphatic rings. The molecular weight excluding hydrogens is 316 g/mol. The third-order valence-corrected chi connectivity index (χ3v) is 4.24. The summed E-state index contributed by atoms with van der Waals surface area (Å²) in [5.41, 5.74) is 6.35. The number of azo groups is 1. The Morgan fingerprint density at radius 3 is 1.65 bits per heavy atom. The molecule has 0 radical (unpaired) electrons. The molecule has 0 saturated carbocycles. The van der Waals surface area contributed by atoms with E-state index in [1.54, 1.807) is 0 Å². The molecule has 0 bridgehead atoms. The number of hydrogen-bond acceptors (Lipinski definition) is 2. The largest absolute Gasteiger partial charge is 0.151 e. The smallest absolute Gasteiger partial charge is 0.0935 e. The van der Waals surface area contributed by atoms with Gasteiger partial charge in [0.2, 0.25) is 0 Å². The van der Waals surface area contributed by atoms with Gasteiger partial charge in [-0.2, -0.15) is 5.11 Å². The van der Waals surface area contributed by atoms with E-state index in [0.717, 1.165) is 22.5 Å². The molecule has 0 heterocycles. The molecule has 0 aliphatic heterocycles. The van der Waals surface area contributed by atoms with Crippen LogP contribution in [-0.2, 0) is 0 Å². The van der Waals surface area contributed by atoms with Crippen LogP contribution in [0.5, 0.6) is 0 Å². The van der Waals surface area contributed by atoms with Crippen LogP contribution in [-0.4, -0.2) is 0 Å². The summed E-state index contributed by atoms with van der Waals surface area (Å²) in [6.45, 7) is 0. The van der Waals surface area contributed by atoms with Crippen molar-refractivity contribution in [3.8, 4) is 22.3 Å². The van der Waals surface area contributed by atoms with E-state index < -0.39 is 0 Å². The maximum atomic E-state index is 4.46. The highest BCUT2D eigenvalue weighted by Crippen LogP contribution is 2.32. The highest BCUT2D eigenvalue weighted by atomic mass is 15.1. The van der Waals surface area contributed by atoms with Crippen LogP contribution in [0.25, 0.3) is 22.3 Å². The Bertz CT molecular complexity index is 1000. The number of hydrogen-bond donors (Lipinski definition) is 0. The minimum absolute atomic E-state index is 0.849. The zero-order valence-corrected chi connectivity index (χ0v) is 14.3. The lowest BCUT2D eigenvalue weighted by molar-refractivity contribution is 1.23. The maximum absolute atomic E-state index is 4.46. The lowest BCUT2D eigenvalue weighted by Gasteiger charge is -2.07. The van der Waals surface area contributed by atoms with Crippen LogP contribution in [0.3, 0.4) is 0 Å². The molecule has 26 heavy (non-hydrogen) atoms. The fourth-order valence-corrected chi connectivity index (χ4v) is 2.88. The minimum Gasteiger partial charge on any atom is -0.151 e. The van der Waals surface area contributed by atoms with E-state index in [2.05, 4.69) is 64.8 Å². The van der Waals surface area contributed by atoms with Gasteiger partial charge in [-0.1, -0.05) is 91.0 Å². The van der Waals surface area contributed by atoms with E-state index in [1.165, 1.54) is 11.1 Å². The van der Waals surface area contributed by atoms with Gasteiger partial charge in [-0.3, -0.25) is 0 Å². The van der Waals surface area contributed by atoms with Gasteiger partial charge >= 0.3 is 0 Å². The first kappa shape index (κ1) is 16.0. The zero-order chi connectivity index (χ0) is 17.6. The Hall–Kier alpha value is -3.52. The minimum atomic E-state index is 0.849. The molecular formula is C24H18N2. The third-order valence-electron chi connectivity index (χ3n) is 4.24. The van der Waals surface area contributed by atoms with E-state index in [0.29, 0.717) is 0 Å². The molecule has 0 amide bonds. The first-order valence-corrected chi connectivity index (χ1v) is 8.62. The van der Waals surface area contributed by atoms with E-state index in [1.807, 2.05) is 54.6 Å². The summed E-state index contributed by atoms with van der Waals surface area (Å²) >= 11 is 0. The summed E-state index contributed by atoms with van der Waals surface area (Å²) in [6, 6.07) is 36.8. The summed E-state index contributed by atoms with van der Waals surface area (Å²) in [4.78, 5) is 0. The Morgan fingerprint density at radius 1 is 0.385 bits per heavy atom. The molecule has 0 saturated heterocycles. The van der Waals surface area contributed by atoms with Crippen molar-refractivity contribution in [2.45, 2.75) is 0 Å². The molecule has 0 spiro atoms. The number of rotatable bonds is 4. The van der Waals surface area contributed by atoms with Crippen LogP contribution >= 0.6 is 0 Å². The van der Waals surface area contributed by atoms with Gasteiger partial charge in [0.05, 0.1) is 11.4 Å². The van der Waals surface area contributed by atoms with E-state index >= 15 is 0 Å². The lowest BCUT2D eigenvalue weighted by Crippen LogP contribution is -1.81. The summed E-state index contributed by atoms with van der Waals surface area (Å²) in [6.07, 6.45) is 0. The van der Waals surface area contributed by atoms with Crippen molar-refractivity contribution in [3.63, 3.8) is 0 Å². The molecule has 0 fully saturated rings.